The predicted molar refractivity (Wildman–Crippen MR) is 279 cm³/mol. The van der Waals surface area contributed by atoms with Crippen LogP contribution in [0.4, 0.5) is 38.0 Å². The molecule has 0 bridgehead atoms. The zero-order valence-corrected chi connectivity index (χ0v) is 40.6. The van der Waals surface area contributed by atoms with Crippen molar-refractivity contribution in [2.24, 2.45) is 0 Å². The molecule has 0 aliphatic carbocycles. The van der Waals surface area contributed by atoms with E-state index < -0.39 is 0 Å². The van der Waals surface area contributed by atoms with E-state index in [1.54, 1.807) is 65.5 Å². The quantitative estimate of drug-likeness (QED) is 0.0134. The normalized spacial score (nSPS) is 10.7. The molecule has 0 atom stereocenters. The Kier molecular flexibility index (Phi) is 21.5. The first-order chi connectivity index (χ1) is 34.7. The molecule has 0 aliphatic rings. The Morgan fingerprint density at radius 1 is 0.535 bits per heavy atom. The number of pyridine rings is 1. The number of hydrogen-bond acceptors (Lipinski definition) is 9. The van der Waals surface area contributed by atoms with Crippen molar-refractivity contribution in [2.45, 2.75) is 78.4 Å². The van der Waals surface area contributed by atoms with E-state index in [9.17, 15) is 19.2 Å². The number of hydrazine groups is 1. The number of urea groups is 2. The van der Waals surface area contributed by atoms with E-state index >= 15 is 0 Å². The van der Waals surface area contributed by atoms with Gasteiger partial charge in [0.1, 0.15) is 17.1 Å². The molecule has 1 aromatic heterocycles. The third-order valence-corrected chi connectivity index (χ3v) is 10.9. The summed E-state index contributed by atoms with van der Waals surface area (Å²) in [5, 5.41) is 14.3. The molecule has 16 nitrogen and oxygen atoms in total. The van der Waals surface area contributed by atoms with Crippen LogP contribution in [-0.2, 0) is 22.8 Å². The lowest BCUT2D eigenvalue weighted by molar-refractivity contribution is -0.684. The van der Waals surface area contributed by atoms with Gasteiger partial charge in [0.25, 0.3) is 5.91 Å². The maximum Gasteiger partial charge on any atom is 0.323 e. The first-order valence-electron chi connectivity index (χ1n) is 24.3. The standard InChI is InChI=1S/C55H65N9O7/c1-3-5-35-69-50-28-24-47(25-29-50)60-54(67)58-45-18-16-42(17-19-45)43-14-11-13-41(37-43)40-71-57-33-10-8-7-9-32-56-53(66)44-15-12-34-64(38-44)39-52(65)63-62-49-22-20-46(21-23-49)59-55(68)61-48-26-30-51(31-27-48)70-36-6-4-2/h11-31,34,37-38,57,62H,3-10,32-33,35-36,39-40H2,1-2H3,(H5-,56,58,59,60,61,63,65,66,67,68)/p+1. The number of aromatic nitrogens is 1. The van der Waals surface area contributed by atoms with Gasteiger partial charge in [-0.2, -0.15) is 4.57 Å². The van der Waals surface area contributed by atoms with Crippen LogP contribution in [0.1, 0.15) is 81.1 Å². The summed E-state index contributed by atoms with van der Waals surface area (Å²) in [6.07, 6.45) is 11.2. The summed E-state index contributed by atoms with van der Waals surface area (Å²) >= 11 is 0. The van der Waals surface area contributed by atoms with Crippen LogP contribution in [0.15, 0.2) is 146 Å². The molecule has 0 aliphatic heterocycles. The number of anilines is 5. The molecule has 0 saturated heterocycles. The summed E-state index contributed by atoms with van der Waals surface area (Å²) in [6.45, 7) is 7.21. The summed E-state index contributed by atoms with van der Waals surface area (Å²) in [7, 11) is 0. The van der Waals surface area contributed by atoms with E-state index in [0.717, 1.165) is 79.6 Å². The molecule has 0 fully saturated rings. The van der Waals surface area contributed by atoms with Gasteiger partial charge in [0, 0.05) is 41.9 Å². The van der Waals surface area contributed by atoms with Crippen LogP contribution in [-0.4, -0.2) is 50.2 Å². The lowest BCUT2D eigenvalue weighted by atomic mass is 10.0. The van der Waals surface area contributed by atoms with Crippen molar-refractivity contribution < 1.29 is 38.1 Å². The van der Waals surface area contributed by atoms with E-state index in [2.05, 4.69) is 62.8 Å². The van der Waals surface area contributed by atoms with E-state index in [1.165, 1.54) is 0 Å². The second-order valence-corrected chi connectivity index (χ2v) is 16.8. The average Bonchev–Trinajstić information content (AvgIpc) is 3.38. The Morgan fingerprint density at radius 2 is 1.07 bits per heavy atom. The highest BCUT2D eigenvalue weighted by Gasteiger charge is 2.14. The molecule has 16 heteroatoms. The first kappa shape index (κ1) is 52.4. The molecule has 6 rings (SSSR count). The van der Waals surface area contributed by atoms with Crippen molar-refractivity contribution in [1.82, 2.24) is 16.2 Å². The number of carbonyl (C=O) groups excluding carboxylic acids is 4. The molecule has 71 heavy (non-hydrogen) atoms. The van der Waals surface area contributed by atoms with Gasteiger partial charge in [-0.1, -0.05) is 69.9 Å². The minimum absolute atomic E-state index is 0.00613. The Labute approximate surface area is 416 Å². The Hall–Kier alpha value is -7.95. The van der Waals surface area contributed by atoms with Gasteiger partial charge in [-0.05, 0) is 139 Å². The van der Waals surface area contributed by atoms with Crippen molar-refractivity contribution in [3.05, 3.63) is 157 Å². The molecule has 0 saturated carbocycles. The maximum absolute atomic E-state index is 12.9. The van der Waals surface area contributed by atoms with E-state index in [1.807, 2.05) is 78.9 Å². The molecule has 0 unspecified atom stereocenters. The zero-order chi connectivity index (χ0) is 49.9. The van der Waals surface area contributed by atoms with Crippen molar-refractivity contribution in [3.8, 4) is 22.6 Å². The summed E-state index contributed by atoms with van der Waals surface area (Å²) in [6, 6.07) is 40.0. The van der Waals surface area contributed by atoms with Gasteiger partial charge in [-0.15, -0.1) is 0 Å². The minimum Gasteiger partial charge on any atom is -0.494 e. The van der Waals surface area contributed by atoms with Gasteiger partial charge in [0.05, 0.1) is 25.5 Å². The third kappa shape index (κ3) is 19.2. The van der Waals surface area contributed by atoms with Crippen molar-refractivity contribution >= 4 is 52.3 Å². The average molecular weight is 965 g/mol. The molecule has 5 aromatic carbocycles. The number of amides is 6. The largest absolute Gasteiger partial charge is 0.494 e. The molecular formula is C55H66N9O7+. The summed E-state index contributed by atoms with van der Waals surface area (Å²) < 4.78 is 13.0. The zero-order valence-electron chi connectivity index (χ0n) is 40.6. The number of unbranched alkanes of at least 4 members (excludes halogenated alkanes) is 5. The maximum atomic E-state index is 12.9. The van der Waals surface area contributed by atoms with Gasteiger partial charge >= 0.3 is 18.0 Å². The number of carbonyl (C=O) groups is 4. The summed E-state index contributed by atoms with van der Waals surface area (Å²) in [5.74, 6) is 1.02. The van der Waals surface area contributed by atoms with Gasteiger partial charge in [0.2, 0.25) is 6.54 Å². The van der Waals surface area contributed by atoms with Crippen LogP contribution in [0.25, 0.3) is 11.1 Å². The minimum atomic E-state index is -0.388. The first-order valence-corrected chi connectivity index (χ1v) is 24.3. The fraction of sp³-hybridized carbons (Fsp3) is 0.291. The van der Waals surface area contributed by atoms with Crippen LogP contribution >= 0.6 is 0 Å². The highest BCUT2D eigenvalue weighted by molar-refractivity contribution is 6.00. The molecule has 6 aromatic rings. The number of nitrogens with zero attached hydrogens (tertiary/aromatic N) is 1. The summed E-state index contributed by atoms with van der Waals surface area (Å²) in [4.78, 5) is 56.4. The Morgan fingerprint density at radius 3 is 1.65 bits per heavy atom. The molecule has 1 heterocycles. The van der Waals surface area contributed by atoms with Crippen LogP contribution < -0.4 is 57.0 Å². The fourth-order valence-electron chi connectivity index (χ4n) is 7.04. The van der Waals surface area contributed by atoms with Crippen molar-refractivity contribution in [1.29, 1.82) is 0 Å². The topological polar surface area (TPSA) is 196 Å². The second kappa shape index (κ2) is 29.2. The lowest BCUT2D eigenvalue weighted by Crippen LogP contribution is -2.44. The second-order valence-electron chi connectivity index (χ2n) is 16.8. The SMILES string of the molecule is CCCCOc1ccc(NC(=O)Nc2ccc(NNC(=O)C[n+]3cccc(C(=O)NCCCCCCNOCc4cccc(-c5ccc(NC(=O)Nc6ccc(OCCCC)cc6)cc5)c4)c3)cc2)cc1. The molecule has 0 spiro atoms. The highest BCUT2D eigenvalue weighted by Crippen LogP contribution is 2.24. The number of benzene rings is 5. The van der Waals surface area contributed by atoms with E-state index in [-0.39, 0.29) is 30.4 Å². The monoisotopic (exact) mass is 965 g/mol. The fourth-order valence-corrected chi connectivity index (χ4v) is 7.04. The van der Waals surface area contributed by atoms with Crippen LogP contribution in [0.3, 0.4) is 0 Å². The number of rotatable bonds is 28. The number of hydrogen-bond donors (Lipinski definition) is 8. The third-order valence-electron chi connectivity index (χ3n) is 10.9. The predicted octanol–water partition coefficient (Wildman–Crippen LogP) is 10.4. The number of nitrogens with one attached hydrogen (secondary N) is 8. The van der Waals surface area contributed by atoms with Crippen molar-refractivity contribution in [2.75, 3.05) is 53.0 Å². The van der Waals surface area contributed by atoms with Crippen LogP contribution in [0.2, 0.25) is 0 Å². The van der Waals surface area contributed by atoms with E-state index in [4.69, 9.17) is 14.3 Å². The lowest BCUT2D eigenvalue weighted by Gasteiger charge is -2.11. The Balaban J connectivity index is 0.790. The molecular weight excluding hydrogens is 899 g/mol. The van der Waals surface area contributed by atoms with Gasteiger partial charge in [-0.3, -0.25) is 25.3 Å². The number of ether oxygens (including phenoxy) is 2. The summed E-state index contributed by atoms with van der Waals surface area (Å²) in [5.41, 5.74) is 15.3. The Bertz CT molecular complexity index is 2580. The molecule has 6 amide bonds. The molecule has 8 N–H and O–H groups in total. The smallest absolute Gasteiger partial charge is 0.323 e. The highest BCUT2D eigenvalue weighted by atomic mass is 16.6. The van der Waals surface area contributed by atoms with Crippen LogP contribution in [0.5, 0.6) is 11.5 Å². The van der Waals surface area contributed by atoms with E-state index in [0.29, 0.717) is 66.9 Å². The van der Waals surface area contributed by atoms with Crippen molar-refractivity contribution in [3.63, 3.8) is 0 Å². The van der Waals surface area contributed by atoms with Gasteiger partial charge in [0.15, 0.2) is 12.4 Å². The molecule has 372 valence electrons. The van der Waals surface area contributed by atoms with Crippen LogP contribution in [0, 0.1) is 0 Å². The van der Waals surface area contributed by atoms with Gasteiger partial charge in [-0.25, -0.2) is 15.1 Å². The molecule has 0 radical (unpaired) electrons. The number of hydroxylamine groups is 1. The van der Waals surface area contributed by atoms with Gasteiger partial charge < -0.3 is 36.1 Å².